The van der Waals surface area contributed by atoms with E-state index < -0.39 is 0 Å². The van der Waals surface area contributed by atoms with Crippen molar-refractivity contribution in [1.29, 1.82) is 0 Å². The quantitative estimate of drug-likeness (QED) is 0.730. The van der Waals surface area contributed by atoms with Crippen molar-refractivity contribution in [3.63, 3.8) is 0 Å². The number of ether oxygens (including phenoxy) is 3. The van der Waals surface area contributed by atoms with Gasteiger partial charge >= 0.3 is 0 Å². The fraction of sp³-hybridized carbons (Fsp3) is 0.538. The maximum Gasteiger partial charge on any atom is 0.184 e. The summed E-state index contributed by atoms with van der Waals surface area (Å²) in [5.41, 5.74) is 1.08. The van der Waals surface area contributed by atoms with E-state index in [4.69, 9.17) is 14.2 Å². The lowest BCUT2D eigenvalue weighted by molar-refractivity contribution is -0.234. The molecule has 5 atom stereocenters. The zero-order chi connectivity index (χ0) is 11.2. The van der Waals surface area contributed by atoms with Gasteiger partial charge in [0.1, 0.15) is 12.2 Å². The second kappa shape index (κ2) is 3.78. The highest BCUT2D eigenvalue weighted by atomic mass is 16.7. The number of benzene rings is 1. The smallest absolute Gasteiger partial charge is 0.184 e. The maximum atomic E-state index is 6.02. The van der Waals surface area contributed by atoms with E-state index in [1.165, 1.54) is 0 Å². The predicted octanol–water partition coefficient (Wildman–Crippen LogP) is 0.840. The lowest BCUT2D eigenvalue weighted by Crippen LogP contribution is -2.56. The average molecular weight is 233 g/mol. The molecule has 0 saturated carbocycles. The number of rotatable bonds is 1. The molecule has 3 aliphatic heterocycles. The van der Waals surface area contributed by atoms with E-state index in [1.807, 2.05) is 30.3 Å². The Balaban J connectivity index is 1.53. The number of nitrogens with one attached hydrogen (secondary N) is 1. The van der Waals surface area contributed by atoms with Gasteiger partial charge < -0.3 is 19.5 Å². The van der Waals surface area contributed by atoms with Crippen molar-refractivity contribution in [2.24, 2.45) is 0 Å². The van der Waals surface area contributed by atoms with Crippen LogP contribution >= 0.6 is 0 Å². The molecule has 4 rings (SSSR count). The molecule has 1 N–H and O–H groups in total. The van der Waals surface area contributed by atoms with Crippen LogP contribution in [0.25, 0.3) is 0 Å². The Labute approximate surface area is 99.9 Å². The summed E-state index contributed by atoms with van der Waals surface area (Å²) in [7, 11) is 0. The zero-order valence-electron chi connectivity index (χ0n) is 9.41. The number of fused-ring (bicyclic) bond motifs is 3. The SMILES string of the molecule is c1ccc(C2OC[C@H]3NC[C@H]4O[C@H]4[C@@H]3O2)cc1. The molecule has 1 aromatic carbocycles. The molecule has 0 aliphatic carbocycles. The summed E-state index contributed by atoms with van der Waals surface area (Å²) in [6.07, 6.45) is 0.511. The topological polar surface area (TPSA) is 43.0 Å². The highest BCUT2D eigenvalue weighted by Gasteiger charge is 2.54. The molecule has 0 aromatic heterocycles. The maximum absolute atomic E-state index is 6.02. The Hall–Kier alpha value is -0.940. The molecule has 1 unspecified atom stereocenters. The number of epoxide rings is 1. The molecule has 90 valence electrons. The second-order valence-corrected chi connectivity index (χ2v) is 4.83. The minimum Gasteiger partial charge on any atom is -0.365 e. The van der Waals surface area contributed by atoms with Crippen molar-refractivity contribution in [1.82, 2.24) is 5.32 Å². The van der Waals surface area contributed by atoms with Crippen LogP contribution in [-0.2, 0) is 14.2 Å². The van der Waals surface area contributed by atoms with E-state index in [0.717, 1.165) is 12.1 Å². The van der Waals surface area contributed by atoms with Crippen LogP contribution < -0.4 is 5.32 Å². The van der Waals surface area contributed by atoms with Gasteiger partial charge in [-0.3, -0.25) is 0 Å². The second-order valence-electron chi connectivity index (χ2n) is 4.83. The van der Waals surface area contributed by atoms with Crippen LogP contribution in [-0.4, -0.2) is 37.5 Å². The van der Waals surface area contributed by atoms with Gasteiger partial charge in [0.2, 0.25) is 0 Å². The fourth-order valence-corrected chi connectivity index (χ4v) is 2.71. The van der Waals surface area contributed by atoms with Crippen LogP contribution in [0.4, 0.5) is 0 Å². The molecule has 0 radical (unpaired) electrons. The molecule has 3 aliphatic rings. The van der Waals surface area contributed by atoms with Gasteiger partial charge in [-0.2, -0.15) is 0 Å². The molecule has 4 heteroatoms. The summed E-state index contributed by atoms with van der Waals surface area (Å²) in [5, 5.41) is 3.41. The molecule has 4 nitrogen and oxygen atoms in total. The molecule has 3 fully saturated rings. The summed E-state index contributed by atoms with van der Waals surface area (Å²) in [5.74, 6) is 0. The first kappa shape index (κ1) is 10.0. The van der Waals surface area contributed by atoms with Gasteiger partial charge in [-0.25, -0.2) is 0 Å². The van der Waals surface area contributed by atoms with E-state index in [-0.39, 0.29) is 24.5 Å². The van der Waals surface area contributed by atoms with Gasteiger partial charge in [-0.1, -0.05) is 30.3 Å². The molecule has 3 saturated heterocycles. The summed E-state index contributed by atoms with van der Waals surface area (Å²) in [6.45, 7) is 1.62. The number of hydrogen-bond donors (Lipinski definition) is 1. The molecular weight excluding hydrogens is 218 g/mol. The fourth-order valence-electron chi connectivity index (χ4n) is 2.71. The number of hydrogen-bond acceptors (Lipinski definition) is 4. The minimum atomic E-state index is -0.248. The van der Waals surface area contributed by atoms with Gasteiger partial charge in [-0.15, -0.1) is 0 Å². The van der Waals surface area contributed by atoms with Crippen molar-refractivity contribution >= 4 is 0 Å². The summed E-state index contributed by atoms with van der Waals surface area (Å²) in [4.78, 5) is 0. The largest absolute Gasteiger partial charge is 0.365 e. The van der Waals surface area contributed by atoms with Crippen molar-refractivity contribution < 1.29 is 14.2 Å². The molecule has 0 bridgehead atoms. The van der Waals surface area contributed by atoms with Crippen LogP contribution in [0.15, 0.2) is 30.3 Å². The normalized spacial score (nSPS) is 43.6. The van der Waals surface area contributed by atoms with E-state index in [0.29, 0.717) is 12.7 Å². The molecule has 3 heterocycles. The van der Waals surface area contributed by atoms with Crippen LogP contribution in [0.2, 0.25) is 0 Å². The Bertz CT molecular complexity index is 410. The monoisotopic (exact) mass is 233 g/mol. The first-order chi connectivity index (χ1) is 8.42. The molecule has 0 amide bonds. The summed E-state index contributed by atoms with van der Waals surface area (Å²) in [6, 6.07) is 10.3. The van der Waals surface area contributed by atoms with Crippen molar-refractivity contribution in [3.8, 4) is 0 Å². The average Bonchev–Trinajstić information content (AvgIpc) is 3.19. The van der Waals surface area contributed by atoms with Gasteiger partial charge in [-0.05, 0) is 0 Å². The lowest BCUT2D eigenvalue weighted by Gasteiger charge is -2.38. The van der Waals surface area contributed by atoms with Crippen molar-refractivity contribution in [3.05, 3.63) is 35.9 Å². The first-order valence-corrected chi connectivity index (χ1v) is 6.13. The lowest BCUT2D eigenvalue weighted by atomic mass is 10.0. The van der Waals surface area contributed by atoms with E-state index >= 15 is 0 Å². The molecule has 17 heavy (non-hydrogen) atoms. The highest BCUT2D eigenvalue weighted by molar-refractivity contribution is 5.17. The third-order valence-corrected chi connectivity index (χ3v) is 3.70. The molecular formula is C13H15NO3. The predicted molar refractivity (Wildman–Crippen MR) is 60.5 cm³/mol. The standard InChI is InChI=1S/C13H15NO3/c1-2-4-8(5-3-1)13-15-7-9-11(17-13)12-10(16-12)6-14-9/h1-5,9-14H,6-7H2/t9-,10-,11-,12-,13?/m1/s1. The summed E-state index contributed by atoms with van der Waals surface area (Å²) < 4.78 is 17.4. The molecule has 1 aromatic rings. The van der Waals surface area contributed by atoms with Crippen LogP contribution in [0.3, 0.4) is 0 Å². The number of piperidine rings is 1. The highest BCUT2D eigenvalue weighted by Crippen LogP contribution is 2.38. The van der Waals surface area contributed by atoms with E-state index in [2.05, 4.69) is 5.32 Å². The Morgan fingerprint density at radius 2 is 1.94 bits per heavy atom. The Morgan fingerprint density at radius 3 is 2.82 bits per heavy atom. The third-order valence-electron chi connectivity index (χ3n) is 3.70. The van der Waals surface area contributed by atoms with Crippen molar-refractivity contribution in [2.75, 3.05) is 13.2 Å². The van der Waals surface area contributed by atoms with Crippen LogP contribution in [0.5, 0.6) is 0 Å². The van der Waals surface area contributed by atoms with Gasteiger partial charge in [0, 0.05) is 12.1 Å². The van der Waals surface area contributed by atoms with Crippen LogP contribution in [0, 0.1) is 0 Å². The Kier molecular flexibility index (Phi) is 2.23. The van der Waals surface area contributed by atoms with Gasteiger partial charge in [0.15, 0.2) is 6.29 Å². The van der Waals surface area contributed by atoms with Gasteiger partial charge in [0.25, 0.3) is 0 Å². The van der Waals surface area contributed by atoms with Gasteiger partial charge in [0.05, 0.1) is 18.8 Å². The molecule has 0 spiro atoms. The van der Waals surface area contributed by atoms with E-state index in [1.54, 1.807) is 0 Å². The van der Waals surface area contributed by atoms with Crippen molar-refractivity contribution in [2.45, 2.75) is 30.6 Å². The Morgan fingerprint density at radius 1 is 1.06 bits per heavy atom. The van der Waals surface area contributed by atoms with Crippen LogP contribution in [0.1, 0.15) is 11.9 Å². The summed E-state index contributed by atoms with van der Waals surface area (Å²) >= 11 is 0. The van der Waals surface area contributed by atoms with E-state index in [9.17, 15) is 0 Å². The zero-order valence-corrected chi connectivity index (χ0v) is 9.41. The first-order valence-electron chi connectivity index (χ1n) is 6.13. The minimum absolute atomic E-state index is 0.132. The third kappa shape index (κ3) is 1.68.